The van der Waals surface area contributed by atoms with Crippen LogP contribution < -0.4 is 0 Å². The first-order valence-electron chi connectivity index (χ1n) is 8.99. The van der Waals surface area contributed by atoms with Crippen molar-refractivity contribution in [2.24, 2.45) is 0 Å². The highest BCUT2D eigenvalue weighted by Gasteiger charge is 2.46. The van der Waals surface area contributed by atoms with Crippen LogP contribution in [0.5, 0.6) is 0 Å². The molecule has 2 aromatic rings. The molecule has 0 radical (unpaired) electrons. The van der Waals surface area contributed by atoms with E-state index < -0.39 is 16.0 Å². The maximum atomic E-state index is 13.3. The monoisotopic (exact) mass is 387 g/mol. The molecule has 0 bridgehead atoms. The predicted molar refractivity (Wildman–Crippen MR) is 98.2 cm³/mol. The van der Waals surface area contributed by atoms with Crippen LogP contribution in [-0.4, -0.2) is 46.9 Å². The fourth-order valence-electron chi connectivity index (χ4n) is 4.33. The third kappa shape index (κ3) is 2.93. The Hall–Kier alpha value is -2.32. The van der Waals surface area contributed by atoms with Crippen molar-refractivity contribution in [1.82, 2.24) is 14.3 Å². The number of aromatic carboxylic acids is 1. The molecule has 1 aromatic carbocycles. The van der Waals surface area contributed by atoms with Gasteiger partial charge in [-0.05, 0) is 50.3 Å². The summed E-state index contributed by atoms with van der Waals surface area (Å²) >= 11 is 0. The lowest BCUT2D eigenvalue weighted by Gasteiger charge is -2.39. The van der Waals surface area contributed by atoms with Crippen molar-refractivity contribution >= 4 is 16.0 Å². The zero-order chi connectivity index (χ0) is 19.2. The van der Waals surface area contributed by atoms with Gasteiger partial charge in [0, 0.05) is 24.7 Å². The van der Waals surface area contributed by atoms with Crippen molar-refractivity contribution in [3.05, 3.63) is 53.1 Å². The molecule has 1 unspecified atom stereocenters. The molecule has 1 aromatic heterocycles. The summed E-state index contributed by atoms with van der Waals surface area (Å²) in [5.41, 5.74) is 1.54. The Bertz CT molecular complexity index is 1020. The summed E-state index contributed by atoms with van der Waals surface area (Å²) < 4.78 is 28.0. The molecule has 1 N–H and O–H groups in total. The average molecular weight is 387 g/mol. The summed E-state index contributed by atoms with van der Waals surface area (Å²) in [7, 11) is -3.90. The number of rotatable bonds is 3. The van der Waals surface area contributed by atoms with Crippen LogP contribution in [0.3, 0.4) is 0 Å². The standard InChI is InChI=1S/C19H21N3O4S/c1-13-20-11-14-7-9-19(17(14)21-13)8-4-10-22(12-19)27(25,26)16-6-3-2-5-15(16)18(23)24/h2-3,5-6,11H,4,7-10,12H2,1H3,(H,23,24). The van der Waals surface area contributed by atoms with E-state index in [1.54, 1.807) is 6.07 Å². The van der Waals surface area contributed by atoms with Crippen LogP contribution in [0.25, 0.3) is 0 Å². The van der Waals surface area contributed by atoms with E-state index in [4.69, 9.17) is 0 Å². The Morgan fingerprint density at radius 1 is 1.26 bits per heavy atom. The van der Waals surface area contributed by atoms with Gasteiger partial charge in [-0.25, -0.2) is 23.2 Å². The van der Waals surface area contributed by atoms with Gasteiger partial charge in [-0.3, -0.25) is 0 Å². The van der Waals surface area contributed by atoms with Gasteiger partial charge in [0.1, 0.15) is 5.82 Å². The van der Waals surface area contributed by atoms with Gasteiger partial charge in [0.05, 0.1) is 16.2 Å². The van der Waals surface area contributed by atoms with Crippen molar-refractivity contribution in [3.63, 3.8) is 0 Å². The van der Waals surface area contributed by atoms with Crippen LogP contribution in [-0.2, 0) is 21.9 Å². The highest BCUT2D eigenvalue weighted by molar-refractivity contribution is 7.89. The number of carboxylic acids is 1. The van der Waals surface area contributed by atoms with Crippen LogP contribution in [0.2, 0.25) is 0 Å². The molecular weight excluding hydrogens is 366 g/mol. The highest BCUT2D eigenvalue weighted by Crippen LogP contribution is 2.44. The number of carbonyl (C=O) groups is 1. The minimum atomic E-state index is -3.90. The van der Waals surface area contributed by atoms with E-state index in [0.29, 0.717) is 18.9 Å². The first kappa shape index (κ1) is 18.1. The molecule has 1 saturated heterocycles. The number of piperidine rings is 1. The van der Waals surface area contributed by atoms with Gasteiger partial charge in [0.15, 0.2) is 0 Å². The van der Waals surface area contributed by atoms with Crippen LogP contribution in [0, 0.1) is 6.92 Å². The van der Waals surface area contributed by atoms with E-state index in [-0.39, 0.29) is 15.9 Å². The lowest BCUT2D eigenvalue weighted by atomic mass is 9.78. The van der Waals surface area contributed by atoms with E-state index in [0.717, 1.165) is 36.9 Å². The second-order valence-electron chi connectivity index (χ2n) is 7.31. The number of aryl methyl sites for hydroxylation is 2. The molecule has 1 atom stereocenters. The Kier molecular flexibility index (Phi) is 4.27. The molecule has 2 heterocycles. The molecule has 1 fully saturated rings. The maximum Gasteiger partial charge on any atom is 0.337 e. The first-order chi connectivity index (χ1) is 12.8. The molecule has 1 aliphatic carbocycles. The molecule has 1 spiro atoms. The summed E-state index contributed by atoms with van der Waals surface area (Å²) in [5.74, 6) is -0.554. The highest BCUT2D eigenvalue weighted by atomic mass is 32.2. The Balaban J connectivity index is 1.73. The zero-order valence-corrected chi connectivity index (χ0v) is 15.9. The number of sulfonamides is 1. The second-order valence-corrected chi connectivity index (χ2v) is 9.22. The zero-order valence-electron chi connectivity index (χ0n) is 15.1. The van der Waals surface area contributed by atoms with Gasteiger partial charge < -0.3 is 5.11 Å². The third-order valence-electron chi connectivity index (χ3n) is 5.64. The predicted octanol–water partition coefficient (Wildman–Crippen LogP) is 2.15. The maximum absolute atomic E-state index is 13.3. The quantitative estimate of drug-likeness (QED) is 0.866. The summed E-state index contributed by atoms with van der Waals surface area (Å²) in [6, 6.07) is 5.79. The smallest absolute Gasteiger partial charge is 0.337 e. The van der Waals surface area contributed by atoms with Crippen LogP contribution in [0.1, 0.15) is 46.7 Å². The molecule has 4 rings (SSSR count). The molecule has 8 heteroatoms. The van der Waals surface area contributed by atoms with Gasteiger partial charge in [-0.2, -0.15) is 4.31 Å². The summed E-state index contributed by atoms with van der Waals surface area (Å²) in [4.78, 5) is 20.3. The number of aromatic nitrogens is 2. The van der Waals surface area contributed by atoms with Crippen molar-refractivity contribution in [2.45, 2.75) is 42.9 Å². The summed E-state index contributed by atoms with van der Waals surface area (Å²) in [5, 5.41) is 9.39. The first-order valence-corrected chi connectivity index (χ1v) is 10.4. The molecule has 0 amide bonds. The van der Waals surface area contributed by atoms with Gasteiger partial charge in [-0.1, -0.05) is 12.1 Å². The molecule has 1 aliphatic heterocycles. The Labute approximate surface area is 158 Å². The minimum Gasteiger partial charge on any atom is -0.478 e. The van der Waals surface area contributed by atoms with Crippen LogP contribution >= 0.6 is 0 Å². The third-order valence-corrected chi connectivity index (χ3v) is 7.54. The van der Waals surface area contributed by atoms with E-state index in [1.807, 2.05) is 13.1 Å². The SMILES string of the molecule is Cc1ncc2c(n1)C1(CCCN(S(=O)(=O)c3ccccc3C(=O)O)C1)CC2. The summed E-state index contributed by atoms with van der Waals surface area (Å²) in [6.07, 6.45) is 5.13. The van der Waals surface area contributed by atoms with Gasteiger partial charge >= 0.3 is 5.97 Å². The summed E-state index contributed by atoms with van der Waals surface area (Å²) in [6.45, 7) is 2.55. The van der Waals surface area contributed by atoms with E-state index in [2.05, 4.69) is 9.97 Å². The van der Waals surface area contributed by atoms with E-state index in [9.17, 15) is 18.3 Å². The van der Waals surface area contributed by atoms with Gasteiger partial charge in [0.25, 0.3) is 0 Å². The van der Waals surface area contributed by atoms with Crippen LogP contribution in [0.4, 0.5) is 0 Å². The van der Waals surface area contributed by atoms with Crippen molar-refractivity contribution < 1.29 is 18.3 Å². The number of hydrogen-bond donors (Lipinski definition) is 1. The average Bonchev–Trinajstić information content (AvgIpc) is 2.99. The van der Waals surface area contributed by atoms with Crippen molar-refractivity contribution in [2.75, 3.05) is 13.1 Å². The molecule has 142 valence electrons. The molecule has 2 aliphatic rings. The van der Waals surface area contributed by atoms with E-state index >= 15 is 0 Å². The lowest BCUT2D eigenvalue weighted by Crippen LogP contribution is -2.48. The fraction of sp³-hybridized carbons (Fsp3) is 0.421. The van der Waals surface area contributed by atoms with E-state index in [1.165, 1.54) is 22.5 Å². The second kappa shape index (κ2) is 6.38. The number of fused-ring (bicyclic) bond motifs is 2. The van der Waals surface area contributed by atoms with Crippen molar-refractivity contribution in [3.8, 4) is 0 Å². The number of hydrogen-bond acceptors (Lipinski definition) is 5. The topological polar surface area (TPSA) is 100 Å². The number of nitrogens with zero attached hydrogens (tertiary/aromatic N) is 3. The van der Waals surface area contributed by atoms with Gasteiger partial charge in [-0.15, -0.1) is 0 Å². The number of carboxylic acid groups (broad SMARTS) is 1. The molecule has 0 saturated carbocycles. The largest absolute Gasteiger partial charge is 0.478 e. The molecular formula is C19H21N3O4S. The Morgan fingerprint density at radius 2 is 2.04 bits per heavy atom. The fourth-order valence-corrected chi connectivity index (χ4v) is 6.08. The van der Waals surface area contributed by atoms with Crippen LogP contribution in [0.15, 0.2) is 35.4 Å². The molecule has 27 heavy (non-hydrogen) atoms. The normalized spacial score (nSPS) is 22.7. The number of benzene rings is 1. The Morgan fingerprint density at radius 3 is 2.81 bits per heavy atom. The van der Waals surface area contributed by atoms with Gasteiger partial charge in [0.2, 0.25) is 10.0 Å². The minimum absolute atomic E-state index is 0.147. The molecule has 7 nitrogen and oxygen atoms in total. The lowest BCUT2D eigenvalue weighted by molar-refractivity contribution is 0.0692. The van der Waals surface area contributed by atoms with Crippen molar-refractivity contribution in [1.29, 1.82) is 0 Å².